The van der Waals surface area contributed by atoms with Crippen LogP contribution in [0.2, 0.25) is 0 Å². The first-order chi connectivity index (χ1) is 45.7. The molecule has 0 aromatic heterocycles. The Hall–Kier alpha value is -2.98. The number of allylic oxidation sites excluding steroid dienone is 8. The van der Waals surface area contributed by atoms with Crippen LogP contribution in [-0.2, 0) is 65.4 Å². The van der Waals surface area contributed by atoms with E-state index in [-0.39, 0.29) is 25.7 Å². The van der Waals surface area contributed by atoms with Gasteiger partial charge in [-0.05, 0) is 77.0 Å². The highest BCUT2D eigenvalue weighted by atomic mass is 31.2. The number of carbonyl (C=O) groups excluding carboxylic acids is 4. The van der Waals surface area contributed by atoms with E-state index in [4.69, 9.17) is 37.0 Å². The molecule has 0 saturated heterocycles. The highest BCUT2D eigenvalue weighted by Gasteiger charge is 2.30. The van der Waals surface area contributed by atoms with Gasteiger partial charge in [-0.15, -0.1) is 0 Å². The zero-order chi connectivity index (χ0) is 69.0. The van der Waals surface area contributed by atoms with Crippen LogP contribution in [0.3, 0.4) is 0 Å². The molecule has 0 fully saturated rings. The summed E-state index contributed by atoms with van der Waals surface area (Å²) in [5.74, 6) is -2.18. The lowest BCUT2D eigenvalue weighted by atomic mass is 10.0. The molecular formula is C75H138O17P2. The molecule has 2 unspecified atom stereocenters. The van der Waals surface area contributed by atoms with Crippen LogP contribution < -0.4 is 0 Å². The maximum Gasteiger partial charge on any atom is 0.472 e. The number of hydrogen-bond acceptors (Lipinski definition) is 15. The van der Waals surface area contributed by atoms with Crippen molar-refractivity contribution in [3.05, 3.63) is 48.6 Å². The maximum absolute atomic E-state index is 13.1. The Labute approximate surface area is 572 Å². The van der Waals surface area contributed by atoms with Gasteiger partial charge in [0.25, 0.3) is 0 Å². The van der Waals surface area contributed by atoms with Crippen LogP contribution in [0.5, 0.6) is 0 Å². The maximum atomic E-state index is 13.1. The molecule has 0 saturated carbocycles. The van der Waals surface area contributed by atoms with Gasteiger partial charge in [-0.2, -0.15) is 0 Å². The summed E-state index contributed by atoms with van der Waals surface area (Å²) in [7, 11) is -9.93. The minimum atomic E-state index is -4.97. The van der Waals surface area contributed by atoms with E-state index in [2.05, 4.69) is 76.3 Å². The van der Waals surface area contributed by atoms with E-state index in [1.165, 1.54) is 148 Å². The molecule has 3 N–H and O–H groups in total. The van der Waals surface area contributed by atoms with E-state index in [0.29, 0.717) is 25.7 Å². The third-order valence-corrected chi connectivity index (χ3v) is 18.3. The van der Waals surface area contributed by atoms with Crippen LogP contribution in [-0.4, -0.2) is 96.7 Å². The van der Waals surface area contributed by atoms with E-state index >= 15 is 0 Å². The molecule has 0 amide bonds. The topological polar surface area (TPSA) is 237 Å². The average Bonchev–Trinajstić information content (AvgIpc) is 1.94. The SMILES string of the molecule is CCCCCC/C=C\C=C/CCCCCCCC(=O)OC[C@H](COP(=O)(O)OC[C@@H](O)COP(=O)(O)OC[C@@H](COC(=O)CCCCCCCCCCC)OC(=O)CCCCCCCCCCCCCCCCC)OC(=O)CCCCCCC/C=C\C=C/CCCCCC. The predicted octanol–water partition coefficient (Wildman–Crippen LogP) is 21.3. The van der Waals surface area contributed by atoms with Crippen molar-refractivity contribution in [2.75, 3.05) is 39.6 Å². The Kier molecular flexibility index (Phi) is 66.4. The fourth-order valence-electron chi connectivity index (χ4n) is 10.5. The number of phosphoric ester groups is 2. The van der Waals surface area contributed by atoms with Crippen LogP contribution >= 0.6 is 15.6 Å². The van der Waals surface area contributed by atoms with Crippen LogP contribution in [0.25, 0.3) is 0 Å². The summed E-state index contributed by atoms with van der Waals surface area (Å²) in [4.78, 5) is 72.7. The minimum absolute atomic E-state index is 0.0786. The minimum Gasteiger partial charge on any atom is -0.462 e. The Morgan fingerprint density at radius 1 is 0.298 bits per heavy atom. The summed E-state index contributed by atoms with van der Waals surface area (Å²) in [6.45, 7) is 4.83. The van der Waals surface area contributed by atoms with Gasteiger partial charge in [-0.25, -0.2) is 9.13 Å². The van der Waals surface area contributed by atoms with Crippen molar-refractivity contribution in [2.24, 2.45) is 0 Å². The number of aliphatic hydroxyl groups excluding tert-OH is 1. The highest BCUT2D eigenvalue weighted by molar-refractivity contribution is 7.47. The molecule has 94 heavy (non-hydrogen) atoms. The second-order valence-electron chi connectivity index (χ2n) is 25.7. The highest BCUT2D eigenvalue weighted by Crippen LogP contribution is 2.45. The van der Waals surface area contributed by atoms with Crippen LogP contribution in [0.1, 0.15) is 349 Å². The third kappa shape index (κ3) is 67.6. The lowest BCUT2D eigenvalue weighted by molar-refractivity contribution is -0.161. The smallest absolute Gasteiger partial charge is 0.462 e. The van der Waals surface area contributed by atoms with Gasteiger partial charge in [-0.3, -0.25) is 37.3 Å². The number of phosphoric acid groups is 2. The van der Waals surface area contributed by atoms with Crippen molar-refractivity contribution in [1.82, 2.24) is 0 Å². The van der Waals surface area contributed by atoms with Gasteiger partial charge in [-0.1, -0.05) is 295 Å². The van der Waals surface area contributed by atoms with Gasteiger partial charge < -0.3 is 33.8 Å². The summed E-state index contributed by atoms with van der Waals surface area (Å²) in [6, 6.07) is 0. The Bertz CT molecular complexity index is 1980. The van der Waals surface area contributed by atoms with E-state index in [9.17, 15) is 43.2 Å². The molecule has 17 nitrogen and oxygen atoms in total. The third-order valence-electron chi connectivity index (χ3n) is 16.4. The molecule has 0 rings (SSSR count). The second kappa shape index (κ2) is 68.5. The van der Waals surface area contributed by atoms with E-state index in [1.807, 2.05) is 0 Å². The summed E-state index contributed by atoms with van der Waals surface area (Å²) in [6.07, 6.45) is 63.9. The van der Waals surface area contributed by atoms with Crippen LogP contribution in [0, 0.1) is 0 Å². The fourth-order valence-corrected chi connectivity index (χ4v) is 12.1. The molecule has 0 radical (unpaired) electrons. The molecular weight excluding hydrogens is 1230 g/mol. The summed E-state index contributed by atoms with van der Waals surface area (Å²) in [5, 5.41) is 10.6. The summed E-state index contributed by atoms with van der Waals surface area (Å²) in [5.41, 5.74) is 0. The van der Waals surface area contributed by atoms with Crippen LogP contribution in [0.15, 0.2) is 48.6 Å². The predicted molar refractivity (Wildman–Crippen MR) is 381 cm³/mol. The molecule has 19 heteroatoms. The second-order valence-corrected chi connectivity index (χ2v) is 28.6. The lowest BCUT2D eigenvalue weighted by Gasteiger charge is -2.21. The number of hydrogen-bond donors (Lipinski definition) is 3. The number of carbonyl (C=O) groups is 4. The normalized spacial score (nSPS) is 14.2. The number of aliphatic hydroxyl groups is 1. The van der Waals surface area contributed by atoms with Gasteiger partial charge in [0.15, 0.2) is 12.2 Å². The van der Waals surface area contributed by atoms with Crippen molar-refractivity contribution in [3.8, 4) is 0 Å². The standard InChI is InChI=1S/C75H138O17P2/c1-5-9-13-17-21-25-28-31-34-37-40-44-48-52-56-60-73(78)86-66-71(92-75(80)62-58-54-50-46-42-39-36-33-30-27-23-19-15-11-7-3)68-90-94(83,84)88-64-69(76)63-87-93(81,82)89-67-70(65-85-72(77)59-55-51-47-43-24-20-16-12-8-4)91-74(79)61-57-53-49-45-41-38-35-32-29-26-22-18-14-10-6-2/h25,27-28,30-31,33-34,36,69-71,76H,5-24,26,29,32,35,37-68H2,1-4H3,(H,81,82)(H,83,84)/b28-25-,30-27-,34-31-,36-33-/t69-,70+,71+/m0/s1. The first-order valence-electron chi connectivity index (χ1n) is 37.9. The summed E-state index contributed by atoms with van der Waals surface area (Å²) < 4.78 is 68.4. The summed E-state index contributed by atoms with van der Waals surface area (Å²) >= 11 is 0. The lowest BCUT2D eigenvalue weighted by Crippen LogP contribution is -2.30. The molecule has 0 aromatic carbocycles. The Morgan fingerprint density at radius 2 is 0.511 bits per heavy atom. The van der Waals surface area contributed by atoms with Gasteiger partial charge in [0, 0.05) is 25.7 Å². The average molecular weight is 1370 g/mol. The fraction of sp³-hybridized carbons (Fsp3) is 0.840. The van der Waals surface area contributed by atoms with Crippen molar-refractivity contribution in [2.45, 2.75) is 367 Å². The monoisotopic (exact) mass is 1370 g/mol. The Balaban J connectivity index is 5.30. The van der Waals surface area contributed by atoms with Gasteiger partial charge in [0.1, 0.15) is 19.3 Å². The number of unbranched alkanes of at least 4 members (excludes halogenated alkanes) is 40. The molecule has 0 aliphatic rings. The molecule has 0 aromatic rings. The molecule has 550 valence electrons. The van der Waals surface area contributed by atoms with E-state index in [0.717, 1.165) is 122 Å². The molecule has 0 aliphatic heterocycles. The number of ether oxygens (including phenoxy) is 4. The largest absolute Gasteiger partial charge is 0.472 e. The Morgan fingerprint density at radius 3 is 0.777 bits per heavy atom. The zero-order valence-corrected chi connectivity index (χ0v) is 61.7. The van der Waals surface area contributed by atoms with Gasteiger partial charge in [0.2, 0.25) is 0 Å². The molecule has 0 bridgehead atoms. The van der Waals surface area contributed by atoms with Crippen molar-refractivity contribution in [3.63, 3.8) is 0 Å². The quantitative estimate of drug-likeness (QED) is 0.0169. The van der Waals surface area contributed by atoms with Crippen molar-refractivity contribution in [1.29, 1.82) is 0 Å². The molecule has 0 heterocycles. The van der Waals surface area contributed by atoms with Crippen molar-refractivity contribution < 1.29 is 80.2 Å². The number of rotatable bonds is 72. The van der Waals surface area contributed by atoms with Gasteiger partial charge in [0.05, 0.1) is 26.4 Å². The van der Waals surface area contributed by atoms with E-state index in [1.54, 1.807) is 0 Å². The van der Waals surface area contributed by atoms with Crippen LogP contribution in [0.4, 0.5) is 0 Å². The zero-order valence-electron chi connectivity index (χ0n) is 59.9. The molecule has 0 aliphatic carbocycles. The number of esters is 4. The van der Waals surface area contributed by atoms with E-state index < -0.39 is 97.5 Å². The first kappa shape index (κ1) is 91.0. The first-order valence-corrected chi connectivity index (χ1v) is 40.9. The molecule has 0 spiro atoms. The van der Waals surface area contributed by atoms with Gasteiger partial charge >= 0.3 is 39.5 Å². The van der Waals surface area contributed by atoms with Crippen molar-refractivity contribution >= 4 is 39.5 Å². The molecule has 5 atom stereocenters.